The van der Waals surface area contributed by atoms with Crippen molar-refractivity contribution in [3.63, 3.8) is 0 Å². The molecule has 2 heterocycles. The molecular weight excluding hydrogens is 326 g/mol. The van der Waals surface area contributed by atoms with Crippen LogP contribution in [-0.4, -0.2) is 6.61 Å². The van der Waals surface area contributed by atoms with Gasteiger partial charge >= 0.3 is 0 Å². The molecule has 2 aliphatic rings. The number of hydrogen-bond acceptors (Lipinski definition) is 2. The Labute approximate surface area is 133 Å². The highest BCUT2D eigenvalue weighted by Crippen LogP contribution is 2.54. The minimum Gasteiger partial charge on any atom is -0.378 e. The quantitative estimate of drug-likeness (QED) is 0.797. The summed E-state index contributed by atoms with van der Waals surface area (Å²) < 4.78 is 7.32. The lowest BCUT2D eigenvalue weighted by molar-refractivity contribution is -0.0178. The van der Waals surface area contributed by atoms with Gasteiger partial charge in [-0.15, -0.1) is 0 Å². The number of halogens is 1. The highest BCUT2D eigenvalue weighted by atomic mass is 79.9. The summed E-state index contributed by atoms with van der Waals surface area (Å²) in [6.45, 7) is 3.07. The van der Waals surface area contributed by atoms with E-state index in [4.69, 9.17) is 4.74 Å². The molecule has 0 saturated carbocycles. The van der Waals surface area contributed by atoms with Crippen molar-refractivity contribution in [2.45, 2.75) is 25.0 Å². The number of ether oxygens (including phenoxy) is 1. The SMILES string of the molecule is CC12OCCC1C(c1ccccc1)Nc1ccc(Br)cc12. The van der Waals surface area contributed by atoms with Gasteiger partial charge in [0.1, 0.15) is 0 Å². The van der Waals surface area contributed by atoms with Crippen LogP contribution >= 0.6 is 15.9 Å². The lowest BCUT2D eigenvalue weighted by Gasteiger charge is -2.43. The Hall–Kier alpha value is -1.32. The molecule has 2 aromatic rings. The van der Waals surface area contributed by atoms with Crippen LogP contribution in [0, 0.1) is 5.92 Å². The Morgan fingerprint density at radius 3 is 2.81 bits per heavy atom. The van der Waals surface area contributed by atoms with Crippen LogP contribution < -0.4 is 5.32 Å². The summed E-state index contributed by atoms with van der Waals surface area (Å²) in [6, 6.07) is 17.5. The van der Waals surface area contributed by atoms with E-state index < -0.39 is 0 Å². The van der Waals surface area contributed by atoms with E-state index in [1.54, 1.807) is 0 Å². The molecule has 4 rings (SSSR count). The molecule has 21 heavy (non-hydrogen) atoms. The zero-order valence-electron chi connectivity index (χ0n) is 12.0. The van der Waals surface area contributed by atoms with Crippen molar-refractivity contribution >= 4 is 21.6 Å². The normalized spacial score (nSPS) is 30.4. The zero-order valence-corrected chi connectivity index (χ0v) is 13.6. The monoisotopic (exact) mass is 343 g/mol. The van der Waals surface area contributed by atoms with Gasteiger partial charge in [-0.25, -0.2) is 0 Å². The maximum absolute atomic E-state index is 6.22. The molecule has 2 nitrogen and oxygen atoms in total. The minimum absolute atomic E-state index is 0.204. The summed E-state index contributed by atoms with van der Waals surface area (Å²) in [5, 5.41) is 3.74. The van der Waals surface area contributed by atoms with Crippen LogP contribution in [0.4, 0.5) is 5.69 Å². The second-order valence-electron chi connectivity index (χ2n) is 6.07. The van der Waals surface area contributed by atoms with E-state index in [0.29, 0.717) is 12.0 Å². The van der Waals surface area contributed by atoms with Crippen molar-refractivity contribution in [1.29, 1.82) is 0 Å². The Morgan fingerprint density at radius 2 is 2.00 bits per heavy atom. The smallest absolute Gasteiger partial charge is 0.0975 e. The first-order chi connectivity index (χ1) is 10.2. The number of rotatable bonds is 1. The number of nitrogens with one attached hydrogen (secondary N) is 1. The van der Waals surface area contributed by atoms with Crippen LogP contribution in [0.15, 0.2) is 53.0 Å². The third kappa shape index (κ3) is 2.02. The third-order valence-electron chi connectivity index (χ3n) is 4.93. The van der Waals surface area contributed by atoms with Gasteiger partial charge in [0.15, 0.2) is 0 Å². The minimum atomic E-state index is -0.204. The predicted molar refractivity (Wildman–Crippen MR) is 88.4 cm³/mol. The van der Waals surface area contributed by atoms with Gasteiger partial charge in [-0.05, 0) is 37.1 Å². The summed E-state index contributed by atoms with van der Waals surface area (Å²) in [4.78, 5) is 0. The third-order valence-corrected chi connectivity index (χ3v) is 5.42. The van der Waals surface area contributed by atoms with Crippen LogP contribution in [0.5, 0.6) is 0 Å². The molecule has 3 unspecified atom stereocenters. The summed E-state index contributed by atoms with van der Waals surface area (Å²) in [5.74, 6) is 0.460. The van der Waals surface area contributed by atoms with Crippen molar-refractivity contribution < 1.29 is 4.74 Å². The number of anilines is 1. The Bertz CT molecular complexity index is 672. The van der Waals surface area contributed by atoms with Crippen molar-refractivity contribution in [2.24, 2.45) is 5.92 Å². The maximum Gasteiger partial charge on any atom is 0.0975 e. The lowest BCUT2D eigenvalue weighted by atomic mass is 9.73. The Balaban J connectivity index is 1.85. The second-order valence-corrected chi connectivity index (χ2v) is 6.99. The van der Waals surface area contributed by atoms with Crippen LogP contribution in [-0.2, 0) is 10.3 Å². The van der Waals surface area contributed by atoms with Crippen LogP contribution in [0.3, 0.4) is 0 Å². The molecule has 0 amide bonds. The first-order valence-electron chi connectivity index (χ1n) is 7.44. The van der Waals surface area contributed by atoms with Gasteiger partial charge in [0.25, 0.3) is 0 Å². The topological polar surface area (TPSA) is 21.3 Å². The molecule has 0 aromatic heterocycles. The standard InChI is InChI=1S/C18H18BrNO/c1-18-14(9-10-21-18)17(12-5-3-2-4-6-12)20-16-8-7-13(19)11-15(16)18/h2-8,11,14,17,20H,9-10H2,1H3. The van der Waals surface area contributed by atoms with E-state index in [-0.39, 0.29) is 5.60 Å². The molecule has 1 fully saturated rings. The van der Waals surface area contributed by atoms with E-state index in [1.807, 2.05) is 0 Å². The van der Waals surface area contributed by atoms with Crippen LogP contribution in [0.2, 0.25) is 0 Å². The number of hydrogen-bond donors (Lipinski definition) is 1. The zero-order chi connectivity index (χ0) is 14.4. The molecule has 3 heteroatoms. The van der Waals surface area contributed by atoms with Crippen molar-refractivity contribution in [3.05, 3.63) is 64.1 Å². The molecular formula is C18H18BrNO. The van der Waals surface area contributed by atoms with Crippen LogP contribution in [0.25, 0.3) is 0 Å². The average Bonchev–Trinajstić information content (AvgIpc) is 2.91. The summed E-state index contributed by atoms with van der Waals surface area (Å²) in [7, 11) is 0. The predicted octanol–water partition coefficient (Wildman–Crippen LogP) is 4.87. The molecule has 2 aliphatic heterocycles. The van der Waals surface area contributed by atoms with Gasteiger partial charge in [0, 0.05) is 28.2 Å². The van der Waals surface area contributed by atoms with Crippen molar-refractivity contribution in [3.8, 4) is 0 Å². The lowest BCUT2D eigenvalue weighted by Crippen LogP contribution is -2.40. The van der Waals surface area contributed by atoms with Gasteiger partial charge in [0.05, 0.1) is 11.6 Å². The van der Waals surface area contributed by atoms with Crippen LogP contribution in [0.1, 0.15) is 30.5 Å². The Kier molecular flexibility index (Phi) is 3.09. The summed E-state index contributed by atoms with van der Waals surface area (Å²) >= 11 is 3.59. The van der Waals surface area contributed by atoms with Crippen molar-refractivity contribution in [2.75, 3.05) is 11.9 Å². The maximum atomic E-state index is 6.22. The largest absolute Gasteiger partial charge is 0.378 e. The molecule has 108 valence electrons. The average molecular weight is 344 g/mol. The van der Waals surface area contributed by atoms with Gasteiger partial charge in [-0.3, -0.25) is 0 Å². The molecule has 0 radical (unpaired) electrons. The molecule has 1 saturated heterocycles. The van der Waals surface area contributed by atoms with Gasteiger partial charge in [-0.2, -0.15) is 0 Å². The fourth-order valence-corrected chi connectivity index (χ4v) is 4.20. The number of benzene rings is 2. The molecule has 0 spiro atoms. The van der Waals surface area contributed by atoms with E-state index in [2.05, 4.69) is 76.7 Å². The molecule has 3 atom stereocenters. The fourth-order valence-electron chi connectivity index (χ4n) is 3.84. The first-order valence-corrected chi connectivity index (χ1v) is 8.23. The number of fused-ring (bicyclic) bond motifs is 3. The van der Waals surface area contributed by atoms with E-state index in [9.17, 15) is 0 Å². The molecule has 2 aromatic carbocycles. The van der Waals surface area contributed by atoms with Gasteiger partial charge in [0.2, 0.25) is 0 Å². The first kappa shape index (κ1) is 13.4. The summed E-state index contributed by atoms with van der Waals surface area (Å²) in [6.07, 6.45) is 1.09. The fraction of sp³-hybridized carbons (Fsp3) is 0.333. The summed E-state index contributed by atoms with van der Waals surface area (Å²) in [5.41, 5.74) is 3.59. The van der Waals surface area contributed by atoms with E-state index >= 15 is 0 Å². The van der Waals surface area contributed by atoms with Gasteiger partial charge < -0.3 is 10.1 Å². The highest BCUT2D eigenvalue weighted by molar-refractivity contribution is 9.10. The van der Waals surface area contributed by atoms with Crippen molar-refractivity contribution in [1.82, 2.24) is 0 Å². The highest BCUT2D eigenvalue weighted by Gasteiger charge is 2.50. The second kappa shape index (κ2) is 4.85. The Morgan fingerprint density at radius 1 is 1.19 bits per heavy atom. The van der Waals surface area contributed by atoms with E-state index in [0.717, 1.165) is 17.5 Å². The molecule has 1 N–H and O–H groups in total. The molecule has 0 bridgehead atoms. The van der Waals surface area contributed by atoms with Gasteiger partial charge in [-0.1, -0.05) is 46.3 Å². The van der Waals surface area contributed by atoms with E-state index in [1.165, 1.54) is 16.8 Å². The molecule has 0 aliphatic carbocycles.